The van der Waals surface area contributed by atoms with Crippen molar-refractivity contribution in [1.29, 1.82) is 0 Å². The molecule has 116 valence electrons. The second-order valence-corrected chi connectivity index (χ2v) is 5.64. The average molecular weight is 298 g/mol. The van der Waals surface area contributed by atoms with Gasteiger partial charge in [-0.3, -0.25) is 0 Å². The Morgan fingerprint density at radius 3 is 2.95 bits per heavy atom. The number of aryl methyl sites for hydroxylation is 1. The van der Waals surface area contributed by atoms with Crippen LogP contribution in [0.25, 0.3) is 0 Å². The van der Waals surface area contributed by atoms with Gasteiger partial charge in [0.05, 0.1) is 12.0 Å². The van der Waals surface area contributed by atoms with Gasteiger partial charge in [0.1, 0.15) is 0 Å². The minimum absolute atomic E-state index is 0.0370. The van der Waals surface area contributed by atoms with Crippen LogP contribution in [0, 0.1) is 0 Å². The molecule has 2 aromatic rings. The molecule has 22 heavy (non-hydrogen) atoms. The fraction of sp³-hybridized carbons (Fsp3) is 0.412. The maximum atomic E-state index is 12.3. The number of imidazole rings is 1. The number of urea groups is 1. The third kappa shape index (κ3) is 3.67. The molecule has 5 heteroatoms. The number of fused-ring (bicyclic) bond motifs is 1. The van der Waals surface area contributed by atoms with Gasteiger partial charge in [-0.2, -0.15) is 0 Å². The van der Waals surface area contributed by atoms with E-state index in [0.717, 1.165) is 44.5 Å². The van der Waals surface area contributed by atoms with Crippen LogP contribution in [0.1, 0.15) is 23.4 Å². The first-order chi connectivity index (χ1) is 10.8. The molecule has 0 saturated carbocycles. The van der Waals surface area contributed by atoms with Gasteiger partial charge in [0.15, 0.2) is 0 Å². The number of hydrogen-bond donors (Lipinski definition) is 2. The van der Waals surface area contributed by atoms with Gasteiger partial charge in [-0.05, 0) is 24.8 Å². The standard InChI is InChI=1S/C17H22N4O/c22-17(18-10-8-14-5-2-1-3-6-14)21-11-4-7-15-16(9-12-21)20-13-19-15/h1-3,5-6,13H,4,7-12H2,(H,18,22)(H,19,20). The first-order valence-electron chi connectivity index (χ1n) is 7.91. The van der Waals surface area contributed by atoms with Gasteiger partial charge >= 0.3 is 6.03 Å². The van der Waals surface area contributed by atoms with Crippen molar-refractivity contribution in [3.63, 3.8) is 0 Å². The highest BCUT2D eigenvalue weighted by atomic mass is 16.2. The number of nitrogens with one attached hydrogen (secondary N) is 2. The summed E-state index contributed by atoms with van der Waals surface area (Å²) in [6, 6.07) is 10.3. The van der Waals surface area contributed by atoms with E-state index in [-0.39, 0.29) is 6.03 Å². The predicted octanol–water partition coefficient (Wildman–Crippen LogP) is 2.15. The number of carbonyl (C=O) groups excluding carboxylic acids is 1. The van der Waals surface area contributed by atoms with Crippen molar-refractivity contribution in [3.05, 3.63) is 53.6 Å². The fourth-order valence-electron chi connectivity index (χ4n) is 2.85. The lowest BCUT2D eigenvalue weighted by Crippen LogP contribution is -2.43. The summed E-state index contributed by atoms with van der Waals surface area (Å²) >= 11 is 0. The minimum Gasteiger partial charge on any atom is -0.348 e. The minimum atomic E-state index is 0.0370. The number of rotatable bonds is 3. The molecule has 1 aliphatic heterocycles. The number of H-pyrrole nitrogens is 1. The van der Waals surface area contributed by atoms with Crippen LogP contribution in [-0.4, -0.2) is 40.5 Å². The summed E-state index contributed by atoms with van der Waals surface area (Å²) in [6.07, 6.45) is 5.37. The topological polar surface area (TPSA) is 61.0 Å². The lowest BCUT2D eigenvalue weighted by atomic mass is 10.1. The fourth-order valence-corrected chi connectivity index (χ4v) is 2.85. The third-order valence-corrected chi connectivity index (χ3v) is 4.10. The molecule has 0 atom stereocenters. The summed E-state index contributed by atoms with van der Waals surface area (Å²) in [5.41, 5.74) is 3.57. The maximum absolute atomic E-state index is 12.3. The number of nitrogens with zero attached hydrogens (tertiary/aromatic N) is 2. The van der Waals surface area contributed by atoms with E-state index in [1.165, 1.54) is 11.3 Å². The molecule has 0 spiro atoms. The molecule has 2 heterocycles. The van der Waals surface area contributed by atoms with Gasteiger partial charge < -0.3 is 15.2 Å². The number of hydrogen-bond acceptors (Lipinski definition) is 2. The van der Waals surface area contributed by atoms with E-state index >= 15 is 0 Å². The van der Waals surface area contributed by atoms with Gasteiger partial charge in [-0.25, -0.2) is 9.78 Å². The Morgan fingerprint density at radius 2 is 2.09 bits per heavy atom. The molecule has 2 amide bonds. The molecular formula is C17H22N4O. The van der Waals surface area contributed by atoms with Crippen LogP contribution in [0.3, 0.4) is 0 Å². The first-order valence-corrected chi connectivity index (χ1v) is 7.91. The largest absolute Gasteiger partial charge is 0.348 e. The van der Waals surface area contributed by atoms with Crippen LogP contribution in [-0.2, 0) is 19.3 Å². The monoisotopic (exact) mass is 298 g/mol. The first kappa shape index (κ1) is 14.6. The van der Waals surface area contributed by atoms with Gasteiger partial charge in [-0.15, -0.1) is 0 Å². The molecule has 0 unspecified atom stereocenters. The Kier molecular flexibility index (Phi) is 4.73. The van der Waals surface area contributed by atoms with Gasteiger partial charge in [0.2, 0.25) is 0 Å². The summed E-state index contributed by atoms with van der Waals surface area (Å²) < 4.78 is 0. The molecular weight excluding hydrogens is 276 g/mol. The van der Waals surface area contributed by atoms with E-state index in [1.54, 1.807) is 6.33 Å². The quantitative estimate of drug-likeness (QED) is 0.912. The van der Waals surface area contributed by atoms with Crippen LogP contribution in [0.15, 0.2) is 36.7 Å². The van der Waals surface area contributed by atoms with Gasteiger partial charge in [0, 0.05) is 31.7 Å². The highest BCUT2D eigenvalue weighted by Gasteiger charge is 2.17. The molecule has 1 aromatic carbocycles. The van der Waals surface area contributed by atoms with Crippen molar-refractivity contribution in [2.24, 2.45) is 0 Å². The third-order valence-electron chi connectivity index (χ3n) is 4.10. The Labute approximate surface area is 130 Å². The molecule has 1 aromatic heterocycles. The lowest BCUT2D eigenvalue weighted by Gasteiger charge is -2.24. The highest BCUT2D eigenvalue weighted by molar-refractivity contribution is 5.74. The lowest BCUT2D eigenvalue weighted by molar-refractivity contribution is 0.196. The summed E-state index contributed by atoms with van der Waals surface area (Å²) in [5.74, 6) is 0. The van der Waals surface area contributed by atoms with Crippen molar-refractivity contribution in [1.82, 2.24) is 20.2 Å². The zero-order valence-electron chi connectivity index (χ0n) is 12.7. The SMILES string of the molecule is O=C(NCCc1ccccc1)N1CCCc2[nH]cnc2CC1. The summed E-state index contributed by atoms with van der Waals surface area (Å²) in [6.45, 7) is 2.21. The number of benzene rings is 1. The van der Waals surface area contributed by atoms with Crippen LogP contribution in [0.4, 0.5) is 4.79 Å². The van der Waals surface area contributed by atoms with Crippen LogP contribution in [0.2, 0.25) is 0 Å². The molecule has 0 aliphatic carbocycles. The van der Waals surface area contributed by atoms with Crippen molar-refractivity contribution in [2.75, 3.05) is 19.6 Å². The van der Waals surface area contributed by atoms with Crippen LogP contribution in [0.5, 0.6) is 0 Å². The van der Waals surface area contributed by atoms with Crippen LogP contribution >= 0.6 is 0 Å². The normalized spacial score (nSPS) is 14.8. The van der Waals surface area contributed by atoms with Crippen LogP contribution < -0.4 is 5.32 Å². The Balaban J connectivity index is 1.48. The van der Waals surface area contributed by atoms with E-state index < -0.39 is 0 Å². The van der Waals surface area contributed by atoms with Crippen molar-refractivity contribution in [3.8, 4) is 0 Å². The van der Waals surface area contributed by atoms with Gasteiger partial charge in [0.25, 0.3) is 0 Å². The van der Waals surface area contributed by atoms with E-state index in [9.17, 15) is 4.79 Å². The summed E-state index contributed by atoms with van der Waals surface area (Å²) in [5, 5.41) is 3.03. The van der Waals surface area contributed by atoms with E-state index in [4.69, 9.17) is 0 Å². The molecule has 5 nitrogen and oxygen atoms in total. The number of aromatic nitrogens is 2. The number of carbonyl (C=O) groups is 1. The summed E-state index contributed by atoms with van der Waals surface area (Å²) in [7, 11) is 0. The maximum Gasteiger partial charge on any atom is 0.317 e. The number of amides is 2. The van der Waals surface area contributed by atoms with E-state index in [2.05, 4.69) is 27.4 Å². The molecule has 1 aliphatic rings. The van der Waals surface area contributed by atoms with E-state index in [0.29, 0.717) is 6.54 Å². The molecule has 0 fully saturated rings. The molecule has 2 N–H and O–H groups in total. The second-order valence-electron chi connectivity index (χ2n) is 5.64. The molecule has 0 saturated heterocycles. The van der Waals surface area contributed by atoms with Crippen molar-refractivity contribution >= 4 is 6.03 Å². The number of aromatic amines is 1. The predicted molar refractivity (Wildman–Crippen MR) is 85.7 cm³/mol. The molecule has 0 bridgehead atoms. The average Bonchev–Trinajstić information content (AvgIpc) is 2.95. The van der Waals surface area contributed by atoms with Gasteiger partial charge in [-0.1, -0.05) is 30.3 Å². The van der Waals surface area contributed by atoms with E-state index in [1.807, 2.05) is 23.1 Å². The smallest absolute Gasteiger partial charge is 0.317 e. The molecule has 3 rings (SSSR count). The Bertz CT molecular complexity index is 608. The zero-order valence-corrected chi connectivity index (χ0v) is 12.7. The van der Waals surface area contributed by atoms with Crippen molar-refractivity contribution < 1.29 is 4.79 Å². The highest BCUT2D eigenvalue weighted by Crippen LogP contribution is 2.12. The second kappa shape index (κ2) is 7.11. The summed E-state index contributed by atoms with van der Waals surface area (Å²) in [4.78, 5) is 21.7. The molecule has 0 radical (unpaired) electrons. The Hall–Kier alpha value is -2.30. The van der Waals surface area contributed by atoms with Crippen molar-refractivity contribution in [2.45, 2.75) is 25.7 Å². The zero-order chi connectivity index (χ0) is 15.2. The Morgan fingerprint density at radius 1 is 1.23 bits per heavy atom.